The molecule has 0 saturated heterocycles. The van der Waals surface area contributed by atoms with E-state index in [2.05, 4.69) is 5.32 Å². The van der Waals surface area contributed by atoms with Crippen molar-refractivity contribution in [3.63, 3.8) is 0 Å². The van der Waals surface area contributed by atoms with Crippen LogP contribution in [0.4, 0.5) is 5.69 Å². The molecule has 0 aliphatic rings. The zero-order valence-corrected chi connectivity index (χ0v) is 11.0. The molecule has 1 aromatic heterocycles. The van der Waals surface area contributed by atoms with Crippen LogP contribution >= 0.6 is 0 Å². The SMILES string of the molecule is CCC(N)CC(=O)Nc1cccc(-n2cccc2)c1. The Morgan fingerprint density at radius 1 is 1.32 bits per heavy atom. The zero-order chi connectivity index (χ0) is 13.7. The Morgan fingerprint density at radius 2 is 2.05 bits per heavy atom. The van der Waals surface area contributed by atoms with E-state index in [1.807, 2.05) is 60.3 Å². The first-order valence-corrected chi connectivity index (χ1v) is 6.48. The van der Waals surface area contributed by atoms with Gasteiger partial charge >= 0.3 is 0 Å². The molecule has 4 nitrogen and oxygen atoms in total. The molecule has 1 aromatic carbocycles. The van der Waals surface area contributed by atoms with Gasteiger partial charge in [0.1, 0.15) is 0 Å². The lowest BCUT2D eigenvalue weighted by molar-refractivity contribution is -0.116. The zero-order valence-electron chi connectivity index (χ0n) is 11.0. The Bertz CT molecular complexity index is 534. The first kappa shape index (κ1) is 13.4. The Balaban J connectivity index is 2.05. The van der Waals surface area contributed by atoms with Crippen LogP contribution in [0.25, 0.3) is 5.69 Å². The average molecular weight is 257 g/mol. The second-order valence-corrected chi connectivity index (χ2v) is 4.56. The maximum Gasteiger partial charge on any atom is 0.225 e. The fourth-order valence-corrected chi connectivity index (χ4v) is 1.85. The van der Waals surface area contributed by atoms with Crippen LogP contribution in [-0.4, -0.2) is 16.5 Å². The monoisotopic (exact) mass is 257 g/mol. The van der Waals surface area contributed by atoms with Crippen molar-refractivity contribution in [2.75, 3.05) is 5.32 Å². The second-order valence-electron chi connectivity index (χ2n) is 4.56. The van der Waals surface area contributed by atoms with E-state index in [0.717, 1.165) is 17.8 Å². The predicted molar refractivity (Wildman–Crippen MR) is 77.3 cm³/mol. The smallest absolute Gasteiger partial charge is 0.225 e. The summed E-state index contributed by atoms with van der Waals surface area (Å²) >= 11 is 0. The van der Waals surface area contributed by atoms with E-state index in [0.29, 0.717) is 6.42 Å². The summed E-state index contributed by atoms with van der Waals surface area (Å²) in [6, 6.07) is 11.6. The lowest BCUT2D eigenvalue weighted by Crippen LogP contribution is -2.26. The highest BCUT2D eigenvalue weighted by Gasteiger charge is 2.08. The van der Waals surface area contributed by atoms with E-state index >= 15 is 0 Å². The summed E-state index contributed by atoms with van der Waals surface area (Å²) in [5.74, 6) is -0.0426. The van der Waals surface area contributed by atoms with Crippen LogP contribution in [0.15, 0.2) is 48.8 Å². The highest BCUT2D eigenvalue weighted by molar-refractivity contribution is 5.91. The molecule has 1 unspecified atom stereocenters. The number of anilines is 1. The van der Waals surface area contributed by atoms with Gasteiger partial charge in [0.25, 0.3) is 0 Å². The molecule has 0 aliphatic carbocycles. The van der Waals surface area contributed by atoms with E-state index in [1.165, 1.54) is 0 Å². The molecule has 1 atom stereocenters. The minimum absolute atomic E-state index is 0.0426. The maximum absolute atomic E-state index is 11.8. The molecule has 19 heavy (non-hydrogen) atoms. The largest absolute Gasteiger partial charge is 0.327 e. The molecule has 0 radical (unpaired) electrons. The summed E-state index contributed by atoms with van der Waals surface area (Å²) in [5, 5.41) is 2.88. The number of aromatic nitrogens is 1. The molecule has 2 aromatic rings. The van der Waals surface area contributed by atoms with Gasteiger partial charge in [-0.25, -0.2) is 0 Å². The second kappa shape index (κ2) is 6.20. The molecule has 1 heterocycles. The third-order valence-electron chi connectivity index (χ3n) is 3.00. The molecule has 3 N–H and O–H groups in total. The Morgan fingerprint density at radius 3 is 2.74 bits per heavy atom. The van der Waals surface area contributed by atoms with Crippen LogP contribution in [0, 0.1) is 0 Å². The number of nitrogens with zero attached hydrogens (tertiary/aromatic N) is 1. The van der Waals surface area contributed by atoms with Crippen LogP contribution in [0.1, 0.15) is 19.8 Å². The minimum atomic E-state index is -0.0763. The summed E-state index contributed by atoms with van der Waals surface area (Å²) in [6.07, 6.45) is 5.09. The Hall–Kier alpha value is -2.07. The van der Waals surface area contributed by atoms with Gasteiger partial charge in [0.05, 0.1) is 0 Å². The van der Waals surface area contributed by atoms with Crippen molar-refractivity contribution in [2.45, 2.75) is 25.8 Å². The molecule has 0 fully saturated rings. The summed E-state index contributed by atoms with van der Waals surface area (Å²) in [4.78, 5) is 11.8. The molecular formula is C15H19N3O. The van der Waals surface area contributed by atoms with Gasteiger partial charge < -0.3 is 15.6 Å². The normalized spacial score (nSPS) is 12.1. The minimum Gasteiger partial charge on any atom is -0.327 e. The number of benzene rings is 1. The van der Waals surface area contributed by atoms with Gasteiger partial charge in [-0.05, 0) is 36.8 Å². The van der Waals surface area contributed by atoms with Crippen molar-refractivity contribution in [1.82, 2.24) is 4.57 Å². The molecule has 100 valence electrons. The van der Waals surface area contributed by atoms with Gasteiger partial charge in [-0.3, -0.25) is 4.79 Å². The first-order chi connectivity index (χ1) is 9.19. The molecular weight excluding hydrogens is 238 g/mol. The molecule has 0 saturated carbocycles. The summed E-state index contributed by atoms with van der Waals surface area (Å²) in [7, 11) is 0. The van der Waals surface area contributed by atoms with E-state index in [4.69, 9.17) is 5.73 Å². The number of hydrogen-bond acceptors (Lipinski definition) is 2. The average Bonchev–Trinajstić information content (AvgIpc) is 2.92. The predicted octanol–water partition coefficient (Wildman–Crippen LogP) is 2.54. The molecule has 1 amide bonds. The number of nitrogens with one attached hydrogen (secondary N) is 1. The van der Waals surface area contributed by atoms with Gasteiger partial charge in [0, 0.05) is 36.2 Å². The molecule has 0 spiro atoms. The van der Waals surface area contributed by atoms with E-state index in [-0.39, 0.29) is 11.9 Å². The van der Waals surface area contributed by atoms with Gasteiger partial charge in [0.15, 0.2) is 0 Å². The number of amides is 1. The highest BCUT2D eigenvalue weighted by atomic mass is 16.1. The fraction of sp³-hybridized carbons (Fsp3) is 0.267. The maximum atomic E-state index is 11.8. The van der Waals surface area contributed by atoms with Crippen molar-refractivity contribution < 1.29 is 4.79 Å². The van der Waals surface area contributed by atoms with Gasteiger partial charge in [-0.15, -0.1) is 0 Å². The van der Waals surface area contributed by atoms with Crippen molar-refractivity contribution in [1.29, 1.82) is 0 Å². The molecule has 0 aliphatic heterocycles. The molecule has 2 rings (SSSR count). The van der Waals surface area contributed by atoms with E-state index in [1.54, 1.807) is 0 Å². The van der Waals surface area contributed by atoms with Crippen molar-refractivity contribution in [2.24, 2.45) is 5.73 Å². The fourth-order valence-electron chi connectivity index (χ4n) is 1.85. The van der Waals surface area contributed by atoms with E-state index in [9.17, 15) is 4.79 Å². The van der Waals surface area contributed by atoms with Crippen LogP contribution in [0.2, 0.25) is 0 Å². The third-order valence-corrected chi connectivity index (χ3v) is 3.00. The Labute approximate surface area is 113 Å². The van der Waals surface area contributed by atoms with Crippen molar-refractivity contribution in [3.05, 3.63) is 48.8 Å². The van der Waals surface area contributed by atoms with Crippen LogP contribution in [0.5, 0.6) is 0 Å². The standard InChI is InChI=1S/C15H19N3O/c1-2-12(16)10-15(19)17-13-6-5-7-14(11-13)18-8-3-4-9-18/h3-9,11-12H,2,10,16H2,1H3,(H,17,19). The van der Waals surface area contributed by atoms with E-state index < -0.39 is 0 Å². The number of carbonyl (C=O) groups is 1. The number of carbonyl (C=O) groups excluding carboxylic acids is 1. The molecule has 4 heteroatoms. The summed E-state index contributed by atoms with van der Waals surface area (Å²) < 4.78 is 1.99. The lowest BCUT2D eigenvalue weighted by atomic mass is 10.1. The first-order valence-electron chi connectivity index (χ1n) is 6.48. The van der Waals surface area contributed by atoms with Gasteiger partial charge in [0.2, 0.25) is 5.91 Å². The van der Waals surface area contributed by atoms with Gasteiger partial charge in [-0.2, -0.15) is 0 Å². The molecule has 0 bridgehead atoms. The lowest BCUT2D eigenvalue weighted by Gasteiger charge is -2.10. The third kappa shape index (κ3) is 3.69. The van der Waals surface area contributed by atoms with Crippen LogP contribution in [0.3, 0.4) is 0 Å². The van der Waals surface area contributed by atoms with Crippen LogP contribution < -0.4 is 11.1 Å². The summed E-state index contributed by atoms with van der Waals surface area (Å²) in [6.45, 7) is 1.98. The van der Waals surface area contributed by atoms with Crippen molar-refractivity contribution in [3.8, 4) is 5.69 Å². The quantitative estimate of drug-likeness (QED) is 0.864. The van der Waals surface area contributed by atoms with Crippen molar-refractivity contribution >= 4 is 11.6 Å². The highest BCUT2D eigenvalue weighted by Crippen LogP contribution is 2.15. The number of hydrogen-bond donors (Lipinski definition) is 2. The topological polar surface area (TPSA) is 60.1 Å². The Kier molecular flexibility index (Phi) is 4.36. The number of rotatable bonds is 5. The van der Waals surface area contributed by atoms with Gasteiger partial charge in [-0.1, -0.05) is 13.0 Å². The van der Waals surface area contributed by atoms with Crippen LogP contribution in [-0.2, 0) is 4.79 Å². The summed E-state index contributed by atoms with van der Waals surface area (Å²) in [5.41, 5.74) is 7.58. The number of nitrogens with two attached hydrogens (primary N) is 1.